The van der Waals surface area contributed by atoms with Crippen LogP contribution in [0.4, 0.5) is 5.00 Å². The van der Waals surface area contributed by atoms with Crippen LogP contribution >= 0.6 is 11.3 Å². The van der Waals surface area contributed by atoms with Gasteiger partial charge in [-0.1, -0.05) is 6.42 Å². The van der Waals surface area contributed by atoms with E-state index in [0.717, 1.165) is 32.1 Å². The van der Waals surface area contributed by atoms with Crippen LogP contribution in [0, 0.1) is 0 Å². The van der Waals surface area contributed by atoms with E-state index in [1.165, 1.54) is 76.1 Å². The summed E-state index contributed by atoms with van der Waals surface area (Å²) in [5.74, 6) is 1.02. The second-order valence-electron chi connectivity index (χ2n) is 9.63. The van der Waals surface area contributed by atoms with Crippen LogP contribution in [0.25, 0.3) is 0 Å². The van der Waals surface area contributed by atoms with Crippen LogP contribution in [-0.2, 0) is 0 Å². The van der Waals surface area contributed by atoms with Crippen LogP contribution in [0.2, 0.25) is 0 Å². The van der Waals surface area contributed by atoms with Gasteiger partial charge in [-0.25, -0.2) is 0 Å². The minimum Gasteiger partial charge on any atom is -0.363 e. The normalized spacial score (nSPS) is 24.3. The molecule has 6 nitrogen and oxygen atoms in total. The van der Waals surface area contributed by atoms with E-state index in [-0.39, 0.29) is 5.54 Å². The first kappa shape index (κ1) is 22.9. The van der Waals surface area contributed by atoms with E-state index in [4.69, 9.17) is 4.99 Å². The quantitative estimate of drug-likeness (QED) is 0.519. The van der Waals surface area contributed by atoms with Crippen molar-refractivity contribution in [3.05, 3.63) is 17.5 Å². The fourth-order valence-electron chi connectivity index (χ4n) is 5.41. The molecule has 4 heterocycles. The van der Waals surface area contributed by atoms with E-state index < -0.39 is 0 Å². The average Bonchev–Trinajstić information content (AvgIpc) is 3.35. The lowest BCUT2D eigenvalue weighted by Gasteiger charge is -2.49. The van der Waals surface area contributed by atoms with E-state index in [0.29, 0.717) is 6.04 Å². The molecule has 4 rings (SSSR count). The fraction of sp³-hybridized carbons (Fsp3) is 0.792. The molecular weight excluding hydrogens is 404 g/mol. The third-order valence-electron chi connectivity index (χ3n) is 7.47. The number of anilines is 1. The van der Waals surface area contributed by atoms with Gasteiger partial charge in [0.2, 0.25) is 0 Å². The van der Waals surface area contributed by atoms with E-state index >= 15 is 0 Å². The van der Waals surface area contributed by atoms with E-state index in [1.807, 2.05) is 11.3 Å². The van der Waals surface area contributed by atoms with Crippen molar-refractivity contribution in [2.45, 2.75) is 63.5 Å². The van der Waals surface area contributed by atoms with Crippen molar-refractivity contribution in [3.63, 3.8) is 0 Å². The Morgan fingerprint density at radius 1 is 1.10 bits per heavy atom. The van der Waals surface area contributed by atoms with Crippen molar-refractivity contribution in [1.29, 1.82) is 0 Å². The minimum absolute atomic E-state index is 0.248. The summed E-state index contributed by atoms with van der Waals surface area (Å²) in [6, 6.07) is 4.91. The SMILES string of the molecule is CCNC(=NCC1(N2CCCCC2)CCN(C)CC1)NC1CCN(c2cccs2)CC1. The molecule has 0 amide bonds. The molecule has 2 N–H and O–H groups in total. The molecule has 0 saturated carbocycles. The molecule has 0 aromatic carbocycles. The van der Waals surface area contributed by atoms with Crippen LogP contribution in [-0.4, -0.2) is 86.7 Å². The van der Waals surface area contributed by atoms with Gasteiger partial charge in [0, 0.05) is 31.2 Å². The van der Waals surface area contributed by atoms with Gasteiger partial charge < -0.3 is 20.4 Å². The number of nitrogens with one attached hydrogen (secondary N) is 2. The summed E-state index contributed by atoms with van der Waals surface area (Å²) in [6.45, 7) is 11.2. The van der Waals surface area contributed by atoms with Gasteiger partial charge in [0.15, 0.2) is 5.96 Å². The second kappa shape index (κ2) is 11.0. The largest absolute Gasteiger partial charge is 0.363 e. The predicted molar refractivity (Wildman–Crippen MR) is 134 cm³/mol. The van der Waals surface area contributed by atoms with Gasteiger partial charge in [-0.3, -0.25) is 9.89 Å². The third-order valence-corrected chi connectivity index (χ3v) is 8.40. The van der Waals surface area contributed by atoms with Gasteiger partial charge in [-0.05, 0) is 96.2 Å². The van der Waals surface area contributed by atoms with Crippen LogP contribution in [0.1, 0.15) is 51.9 Å². The Morgan fingerprint density at radius 2 is 1.84 bits per heavy atom. The first-order valence-corrected chi connectivity index (χ1v) is 13.3. The van der Waals surface area contributed by atoms with Crippen molar-refractivity contribution >= 4 is 22.3 Å². The molecule has 3 aliphatic rings. The molecule has 1 aromatic rings. The van der Waals surface area contributed by atoms with E-state index in [9.17, 15) is 0 Å². The van der Waals surface area contributed by atoms with E-state index in [1.54, 1.807) is 0 Å². The molecule has 0 aliphatic carbocycles. The lowest BCUT2D eigenvalue weighted by atomic mass is 9.84. The summed E-state index contributed by atoms with van der Waals surface area (Å²) in [6.07, 6.45) is 8.92. The second-order valence-corrected chi connectivity index (χ2v) is 10.6. The zero-order valence-electron chi connectivity index (χ0n) is 19.6. The Kier molecular flexibility index (Phi) is 8.13. The number of aliphatic imine (C=N–C) groups is 1. The number of piperidine rings is 3. The van der Waals surface area contributed by atoms with Crippen LogP contribution in [0.5, 0.6) is 0 Å². The molecule has 31 heavy (non-hydrogen) atoms. The first-order chi connectivity index (χ1) is 15.2. The smallest absolute Gasteiger partial charge is 0.191 e. The number of guanidine groups is 1. The van der Waals surface area contributed by atoms with Crippen LogP contribution in [0.3, 0.4) is 0 Å². The van der Waals surface area contributed by atoms with Crippen molar-refractivity contribution < 1.29 is 0 Å². The van der Waals surface area contributed by atoms with Gasteiger partial charge >= 0.3 is 0 Å². The van der Waals surface area contributed by atoms with Crippen molar-refractivity contribution in [1.82, 2.24) is 20.4 Å². The molecule has 3 saturated heterocycles. The number of rotatable bonds is 6. The predicted octanol–water partition coefficient (Wildman–Crippen LogP) is 3.22. The summed E-state index contributed by atoms with van der Waals surface area (Å²) in [5, 5.41) is 10.9. The summed E-state index contributed by atoms with van der Waals surface area (Å²) >= 11 is 1.85. The number of hydrogen-bond donors (Lipinski definition) is 2. The van der Waals surface area contributed by atoms with Gasteiger partial charge in [-0.2, -0.15) is 0 Å². The lowest BCUT2D eigenvalue weighted by Crippen LogP contribution is -2.58. The monoisotopic (exact) mass is 446 g/mol. The summed E-state index contributed by atoms with van der Waals surface area (Å²) < 4.78 is 0. The first-order valence-electron chi connectivity index (χ1n) is 12.5. The maximum absolute atomic E-state index is 5.20. The highest BCUT2D eigenvalue weighted by atomic mass is 32.1. The van der Waals surface area contributed by atoms with Crippen LogP contribution < -0.4 is 15.5 Å². The summed E-state index contributed by atoms with van der Waals surface area (Å²) in [4.78, 5) is 13.0. The molecule has 0 unspecified atom stereocenters. The maximum Gasteiger partial charge on any atom is 0.191 e. The number of likely N-dealkylation sites (tertiary alicyclic amines) is 2. The van der Waals surface area contributed by atoms with Crippen LogP contribution in [0.15, 0.2) is 22.5 Å². The number of hydrogen-bond acceptors (Lipinski definition) is 5. The highest BCUT2D eigenvalue weighted by Gasteiger charge is 2.39. The molecule has 1 aromatic heterocycles. The highest BCUT2D eigenvalue weighted by Crippen LogP contribution is 2.32. The Labute approximate surface area is 193 Å². The number of thiophene rings is 1. The van der Waals surface area contributed by atoms with Gasteiger partial charge in [0.05, 0.1) is 11.5 Å². The van der Waals surface area contributed by atoms with Crippen molar-refractivity contribution in [2.24, 2.45) is 4.99 Å². The van der Waals surface area contributed by atoms with Crippen molar-refractivity contribution in [3.8, 4) is 0 Å². The summed E-state index contributed by atoms with van der Waals surface area (Å²) in [7, 11) is 2.26. The molecule has 0 bridgehead atoms. The number of nitrogens with zero attached hydrogens (tertiary/aromatic N) is 4. The fourth-order valence-corrected chi connectivity index (χ4v) is 6.20. The molecular formula is C24H42N6S. The zero-order valence-corrected chi connectivity index (χ0v) is 20.4. The Hall–Kier alpha value is -1.31. The minimum atomic E-state index is 0.248. The van der Waals surface area contributed by atoms with Gasteiger partial charge in [0.1, 0.15) is 0 Å². The molecule has 174 valence electrons. The Morgan fingerprint density at radius 3 is 2.48 bits per heavy atom. The topological polar surface area (TPSA) is 46.1 Å². The highest BCUT2D eigenvalue weighted by molar-refractivity contribution is 7.14. The van der Waals surface area contributed by atoms with E-state index in [2.05, 4.69) is 56.8 Å². The molecule has 0 atom stereocenters. The van der Waals surface area contributed by atoms with Gasteiger partial charge in [0.25, 0.3) is 0 Å². The molecule has 3 aliphatic heterocycles. The molecule has 3 fully saturated rings. The zero-order chi connectivity index (χ0) is 21.5. The van der Waals surface area contributed by atoms with Gasteiger partial charge in [-0.15, -0.1) is 11.3 Å². The lowest BCUT2D eigenvalue weighted by molar-refractivity contribution is 0.0208. The molecule has 0 spiro atoms. The van der Waals surface area contributed by atoms with Crippen molar-refractivity contribution in [2.75, 3.05) is 64.3 Å². The Balaban J connectivity index is 1.37. The maximum atomic E-state index is 5.20. The average molecular weight is 447 g/mol. The Bertz CT molecular complexity index is 668. The third kappa shape index (κ3) is 5.93. The molecule has 0 radical (unpaired) electrons. The standard InChI is InChI=1S/C24H42N6S/c1-3-25-23(27-21-9-15-29(16-10-21)22-8-7-19-31-22)26-20-24(11-17-28(2)18-12-24)30-13-5-4-6-14-30/h7-8,19,21H,3-6,9-18,20H2,1-2H3,(H2,25,26,27). The summed E-state index contributed by atoms with van der Waals surface area (Å²) in [5.41, 5.74) is 0.248. The molecule has 7 heteroatoms.